The van der Waals surface area contributed by atoms with Gasteiger partial charge in [0.2, 0.25) is 5.91 Å². The monoisotopic (exact) mass is 349 g/mol. The lowest BCUT2D eigenvalue weighted by Crippen LogP contribution is -2.39. The minimum Gasteiger partial charge on any atom is -0.376 e. The summed E-state index contributed by atoms with van der Waals surface area (Å²) in [6, 6.07) is 12.9. The van der Waals surface area contributed by atoms with Gasteiger partial charge in [-0.15, -0.1) is 0 Å². The molecule has 2 aromatic carbocycles. The largest absolute Gasteiger partial charge is 0.421 e. The Kier molecular flexibility index (Phi) is 3.91. The lowest BCUT2D eigenvalue weighted by atomic mass is 9.91. The number of alkyl halides is 3. The van der Waals surface area contributed by atoms with E-state index in [4.69, 9.17) is 5.73 Å². The van der Waals surface area contributed by atoms with Gasteiger partial charge >= 0.3 is 6.18 Å². The molecule has 1 amide bonds. The maximum atomic E-state index is 12.9. The van der Waals surface area contributed by atoms with Crippen LogP contribution in [-0.2, 0) is 15.8 Å². The van der Waals surface area contributed by atoms with Gasteiger partial charge in [-0.2, -0.15) is 13.2 Å². The molecular weight excluding hydrogens is 331 g/mol. The summed E-state index contributed by atoms with van der Waals surface area (Å²) in [5.74, 6) is -0.334. The van der Waals surface area contributed by atoms with Crippen molar-refractivity contribution in [2.24, 2.45) is 5.73 Å². The van der Waals surface area contributed by atoms with Crippen LogP contribution in [0.2, 0.25) is 0 Å². The summed E-state index contributed by atoms with van der Waals surface area (Å²) in [7, 11) is 0. The summed E-state index contributed by atoms with van der Waals surface area (Å²) in [6.07, 6.45) is -3.27. The fourth-order valence-electron chi connectivity index (χ4n) is 2.93. The quantitative estimate of drug-likeness (QED) is 0.885. The molecular formula is C19H18F3NO2. The van der Waals surface area contributed by atoms with Gasteiger partial charge in [0.05, 0.1) is 5.41 Å². The van der Waals surface area contributed by atoms with Crippen LogP contribution in [0.3, 0.4) is 0 Å². The van der Waals surface area contributed by atoms with E-state index in [0.717, 1.165) is 36.5 Å². The average Bonchev–Trinajstić information content (AvgIpc) is 3.36. The van der Waals surface area contributed by atoms with Gasteiger partial charge in [-0.05, 0) is 42.0 Å². The Bertz CT molecular complexity index is 789. The average molecular weight is 349 g/mol. The summed E-state index contributed by atoms with van der Waals surface area (Å²) < 4.78 is 38.6. The van der Waals surface area contributed by atoms with Crippen molar-refractivity contribution >= 4 is 5.91 Å². The number of hydrogen-bond donors (Lipinski definition) is 2. The first-order valence-corrected chi connectivity index (χ1v) is 7.88. The van der Waals surface area contributed by atoms with E-state index in [1.807, 2.05) is 24.3 Å². The second-order valence-electron chi connectivity index (χ2n) is 6.67. The van der Waals surface area contributed by atoms with Crippen LogP contribution in [0.25, 0.3) is 11.1 Å². The second kappa shape index (κ2) is 5.59. The Balaban J connectivity index is 1.85. The predicted molar refractivity (Wildman–Crippen MR) is 87.6 cm³/mol. The third-order valence-corrected chi connectivity index (χ3v) is 4.99. The molecule has 1 fully saturated rings. The summed E-state index contributed by atoms with van der Waals surface area (Å²) in [6.45, 7) is 0.732. The molecule has 0 radical (unpaired) electrons. The minimum absolute atomic E-state index is 0.217. The van der Waals surface area contributed by atoms with Gasteiger partial charge in [0.1, 0.15) is 0 Å². The molecule has 1 atom stereocenters. The number of carbonyl (C=O) groups is 1. The fourth-order valence-corrected chi connectivity index (χ4v) is 2.93. The molecule has 0 heterocycles. The molecule has 0 aromatic heterocycles. The number of hydrogen-bond acceptors (Lipinski definition) is 2. The number of amides is 1. The summed E-state index contributed by atoms with van der Waals surface area (Å²) in [4.78, 5) is 11.6. The normalized spacial score (nSPS) is 18.4. The first kappa shape index (κ1) is 17.5. The summed E-state index contributed by atoms with van der Waals surface area (Å²) in [5, 5.41) is 9.70. The molecule has 3 rings (SSSR count). The zero-order chi connectivity index (χ0) is 18.5. The number of rotatable bonds is 4. The van der Waals surface area contributed by atoms with Crippen molar-refractivity contribution < 1.29 is 23.1 Å². The zero-order valence-corrected chi connectivity index (χ0v) is 13.6. The molecule has 25 heavy (non-hydrogen) atoms. The highest BCUT2D eigenvalue weighted by Crippen LogP contribution is 2.48. The first-order chi connectivity index (χ1) is 11.6. The van der Waals surface area contributed by atoms with Crippen molar-refractivity contribution in [2.75, 3.05) is 0 Å². The van der Waals surface area contributed by atoms with Crippen LogP contribution in [0.5, 0.6) is 0 Å². The van der Waals surface area contributed by atoms with Gasteiger partial charge in [-0.1, -0.05) is 48.5 Å². The van der Waals surface area contributed by atoms with E-state index in [-0.39, 0.29) is 11.5 Å². The van der Waals surface area contributed by atoms with Crippen molar-refractivity contribution in [3.05, 3.63) is 59.7 Å². The van der Waals surface area contributed by atoms with E-state index in [9.17, 15) is 23.1 Å². The molecule has 1 aliphatic carbocycles. The molecule has 132 valence electrons. The summed E-state index contributed by atoms with van der Waals surface area (Å²) >= 11 is 0. The number of nitrogens with two attached hydrogens (primary N) is 1. The predicted octanol–water partition coefficient (Wildman–Crippen LogP) is 3.64. The molecule has 0 bridgehead atoms. The molecule has 1 unspecified atom stereocenters. The van der Waals surface area contributed by atoms with Crippen molar-refractivity contribution in [3.63, 3.8) is 0 Å². The minimum atomic E-state index is -4.75. The van der Waals surface area contributed by atoms with Gasteiger partial charge in [0.15, 0.2) is 5.60 Å². The van der Waals surface area contributed by atoms with Crippen molar-refractivity contribution in [1.82, 2.24) is 0 Å². The molecule has 3 nitrogen and oxygen atoms in total. The van der Waals surface area contributed by atoms with E-state index in [1.54, 1.807) is 0 Å². The zero-order valence-electron chi connectivity index (χ0n) is 13.6. The molecule has 3 N–H and O–H groups in total. The molecule has 2 aromatic rings. The SMILES string of the molecule is CC(O)(c1ccc(-c2ccc(C3(C(N)=O)CC3)cc2)cc1)C(F)(F)F. The number of halogens is 3. The van der Waals surface area contributed by atoms with E-state index >= 15 is 0 Å². The number of benzene rings is 2. The van der Waals surface area contributed by atoms with Crippen LogP contribution in [0, 0.1) is 0 Å². The Labute approximate surface area is 143 Å². The highest BCUT2D eigenvalue weighted by atomic mass is 19.4. The van der Waals surface area contributed by atoms with Crippen molar-refractivity contribution in [1.29, 1.82) is 0 Å². The Morgan fingerprint density at radius 1 is 1.00 bits per heavy atom. The fraction of sp³-hybridized carbons (Fsp3) is 0.316. The standard InChI is InChI=1S/C19H18F3NO2/c1-17(25,19(20,21)22)14-6-2-12(3-7-14)13-4-8-15(9-5-13)18(10-11-18)16(23)24/h2-9,25H,10-11H2,1H3,(H2,23,24). The number of primary amides is 1. The van der Waals surface area contributed by atoms with Crippen LogP contribution >= 0.6 is 0 Å². The molecule has 1 aliphatic rings. The second-order valence-corrected chi connectivity index (χ2v) is 6.67. The van der Waals surface area contributed by atoms with Crippen LogP contribution in [-0.4, -0.2) is 17.2 Å². The third-order valence-electron chi connectivity index (χ3n) is 4.99. The van der Waals surface area contributed by atoms with Crippen molar-refractivity contribution in [2.45, 2.75) is 37.0 Å². The lowest BCUT2D eigenvalue weighted by Gasteiger charge is -2.26. The highest BCUT2D eigenvalue weighted by Gasteiger charge is 2.51. The third kappa shape index (κ3) is 2.91. The molecule has 0 aliphatic heterocycles. The number of aliphatic hydroxyl groups is 1. The molecule has 0 saturated heterocycles. The van der Waals surface area contributed by atoms with Gasteiger partial charge in [-0.3, -0.25) is 4.79 Å². The van der Waals surface area contributed by atoms with Crippen LogP contribution in [0.1, 0.15) is 30.9 Å². The lowest BCUT2D eigenvalue weighted by molar-refractivity contribution is -0.258. The first-order valence-electron chi connectivity index (χ1n) is 7.88. The highest BCUT2D eigenvalue weighted by molar-refractivity contribution is 5.90. The molecule has 6 heteroatoms. The topological polar surface area (TPSA) is 63.3 Å². The van der Waals surface area contributed by atoms with Gasteiger partial charge in [0, 0.05) is 0 Å². The van der Waals surface area contributed by atoms with E-state index < -0.39 is 17.2 Å². The van der Waals surface area contributed by atoms with Crippen LogP contribution in [0.15, 0.2) is 48.5 Å². The smallest absolute Gasteiger partial charge is 0.376 e. The van der Waals surface area contributed by atoms with Crippen LogP contribution in [0.4, 0.5) is 13.2 Å². The van der Waals surface area contributed by atoms with Crippen LogP contribution < -0.4 is 5.73 Å². The van der Waals surface area contributed by atoms with E-state index in [1.165, 1.54) is 24.3 Å². The van der Waals surface area contributed by atoms with Gasteiger partial charge < -0.3 is 10.8 Å². The summed E-state index contributed by atoms with van der Waals surface area (Å²) in [5.41, 5.74) is 4.17. The van der Waals surface area contributed by atoms with Crippen molar-refractivity contribution in [3.8, 4) is 11.1 Å². The Hall–Kier alpha value is -2.34. The Morgan fingerprint density at radius 2 is 1.44 bits per heavy atom. The maximum Gasteiger partial charge on any atom is 0.421 e. The maximum absolute atomic E-state index is 12.9. The van der Waals surface area contributed by atoms with Gasteiger partial charge in [-0.25, -0.2) is 0 Å². The van der Waals surface area contributed by atoms with E-state index in [2.05, 4.69) is 0 Å². The Morgan fingerprint density at radius 3 is 1.80 bits per heavy atom. The van der Waals surface area contributed by atoms with Gasteiger partial charge in [0.25, 0.3) is 0 Å². The molecule has 0 spiro atoms. The molecule has 1 saturated carbocycles. The number of carbonyl (C=O) groups excluding carboxylic acids is 1. The van der Waals surface area contributed by atoms with E-state index in [0.29, 0.717) is 0 Å².